The van der Waals surface area contributed by atoms with E-state index >= 15 is 0 Å². The number of aliphatic carboxylic acids is 1. The molecule has 2 aromatic rings. The first-order valence-electron chi connectivity index (χ1n) is 13.8. The van der Waals surface area contributed by atoms with E-state index in [1.807, 2.05) is 6.92 Å². The van der Waals surface area contributed by atoms with Gasteiger partial charge >= 0.3 is 5.97 Å². The zero-order valence-corrected chi connectivity index (χ0v) is 23.3. The van der Waals surface area contributed by atoms with Crippen LogP contribution in [0.5, 0.6) is 11.5 Å². The van der Waals surface area contributed by atoms with Crippen molar-refractivity contribution in [3.63, 3.8) is 0 Å². The van der Waals surface area contributed by atoms with Crippen molar-refractivity contribution >= 4 is 5.97 Å². The van der Waals surface area contributed by atoms with Crippen LogP contribution >= 0.6 is 0 Å². The summed E-state index contributed by atoms with van der Waals surface area (Å²) in [6.07, 6.45) is -14.3. The van der Waals surface area contributed by atoms with Gasteiger partial charge in [-0.05, 0) is 41.8 Å². The SMILES string of the molecule is CC(CCC(=O)O)(c1ccc(O[C@H]2O[C@H](CO)[C@@H](O)[C@H](O)[C@@H]2O)cc1)c1ccc(O[C@H]2O[C@H](CO)[C@@H](O)[C@H](O)[C@@H]2O)cc1. The van der Waals surface area contributed by atoms with E-state index in [1.54, 1.807) is 48.5 Å². The van der Waals surface area contributed by atoms with Crippen molar-refractivity contribution in [3.8, 4) is 11.5 Å². The third-order valence-electron chi connectivity index (χ3n) is 8.02. The number of benzene rings is 2. The molecule has 238 valence electrons. The van der Waals surface area contributed by atoms with Crippen LogP contribution in [0.1, 0.15) is 30.9 Å². The average Bonchev–Trinajstić information content (AvgIpc) is 3.01. The second-order valence-electron chi connectivity index (χ2n) is 10.9. The fourth-order valence-electron chi connectivity index (χ4n) is 5.21. The monoisotopic (exact) mass is 610 g/mol. The Balaban J connectivity index is 1.52. The Morgan fingerprint density at radius 2 is 1.05 bits per heavy atom. The maximum Gasteiger partial charge on any atom is 0.303 e. The summed E-state index contributed by atoms with van der Waals surface area (Å²) < 4.78 is 22.1. The normalized spacial score (nSPS) is 33.1. The first-order chi connectivity index (χ1) is 20.4. The third kappa shape index (κ3) is 7.10. The molecule has 2 aliphatic heterocycles. The summed E-state index contributed by atoms with van der Waals surface area (Å²) in [5, 5.41) is 88.7. The topological polar surface area (TPSA) is 236 Å². The van der Waals surface area contributed by atoms with E-state index in [-0.39, 0.29) is 24.3 Å². The number of aliphatic hydroxyl groups is 8. The summed E-state index contributed by atoms with van der Waals surface area (Å²) in [5.41, 5.74) is 0.622. The first-order valence-corrected chi connectivity index (χ1v) is 13.8. The van der Waals surface area contributed by atoms with Gasteiger partial charge in [-0.15, -0.1) is 0 Å². The average molecular weight is 611 g/mol. The summed E-state index contributed by atoms with van der Waals surface area (Å²) in [4.78, 5) is 11.5. The number of carbonyl (C=O) groups is 1. The van der Waals surface area contributed by atoms with E-state index in [2.05, 4.69) is 0 Å². The standard InChI is InChI=1S/C29H38O14/c1-29(11-10-20(32)33,14-2-6-16(7-3-14)40-27-25(38)23(36)21(34)18(12-30)42-27)15-4-8-17(9-5-15)41-28-26(39)24(37)22(35)19(13-31)43-28/h2-9,18-19,21-28,30-31,34-39H,10-13H2,1H3,(H,32,33)/t18-,19-,21-,22-,23+,24+,25+,26+,27+,28+/m1/s1. The van der Waals surface area contributed by atoms with Crippen molar-refractivity contribution in [2.75, 3.05) is 13.2 Å². The minimum absolute atomic E-state index is 0.150. The van der Waals surface area contributed by atoms with Crippen LogP contribution in [0.25, 0.3) is 0 Å². The van der Waals surface area contributed by atoms with Gasteiger partial charge in [-0.1, -0.05) is 31.2 Å². The lowest BCUT2D eigenvalue weighted by Gasteiger charge is -2.39. The van der Waals surface area contributed by atoms with Crippen LogP contribution in [-0.2, 0) is 19.7 Å². The lowest BCUT2D eigenvalue weighted by atomic mass is 9.73. The Hall–Kier alpha value is -2.89. The molecule has 2 saturated heterocycles. The molecule has 2 aliphatic rings. The molecule has 2 aromatic carbocycles. The van der Waals surface area contributed by atoms with Crippen LogP contribution in [0.4, 0.5) is 0 Å². The number of hydrogen-bond acceptors (Lipinski definition) is 13. The molecule has 43 heavy (non-hydrogen) atoms. The van der Waals surface area contributed by atoms with Crippen LogP contribution < -0.4 is 9.47 Å². The van der Waals surface area contributed by atoms with Crippen molar-refractivity contribution in [2.45, 2.75) is 86.6 Å². The van der Waals surface area contributed by atoms with Gasteiger partial charge in [-0.2, -0.15) is 0 Å². The van der Waals surface area contributed by atoms with Crippen LogP contribution in [0.3, 0.4) is 0 Å². The maximum atomic E-state index is 11.5. The van der Waals surface area contributed by atoms with Gasteiger partial charge < -0.3 is 64.9 Å². The molecule has 4 rings (SSSR count). The molecule has 10 atom stereocenters. The Morgan fingerprint density at radius 1 is 0.674 bits per heavy atom. The lowest BCUT2D eigenvalue weighted by molar-refractivity contribution is -0.277. The summed E-state index contributed by atoms with van der Waals surface area (Å²) in [6, 6.07) is 13.1. The minimum Gasteiger partial charge on any atom is -0.481 e. The van der Waals surface area contributed by atoms with Gasteiger partial charge in [0.25, 0.3) is 0 Å². The number of rotatable bonds is 11. The molecular formula is C29H38O14. The van der Waals surface area contributed by atoms with E-state index < -0.39 is 86.0 Å². The predicted molar refractivity (Wildman–Crippen MR) is 145 cm³/mol. The molecule has 9 N–H and O–H groups in total. The van der Waals surface area contributed by atoms with Crippen molar-refractivity contribution in [1.82, 2.24) is 0 Å². The van der Waals surface area contributed by atoms with Crippen LogP contribution in [0.2, 0.25) is 0 Å². The Bertz CT molecular complexity index is 1110. The Labute approximate surface area is 246 Å². The largest absolute Gasteiger partial charge is 0.481 e. The first kappa shape index (κ1) is 33.0. The number of carboxylic acids is 1. The van der Waals surface area contributed by atoms with Crippen LogP contribution in [0.15, 0.2) is 48.5 Å². The molecule has 0 aliphatic carbocycles. The predicted octanol–water partition coefficient (Wildman–Crippen LogP) is -1.79. The fourth-order valence-corrected chi connectivity index (χ4v) is 5.21. The second-order valence-corrected chi connectivity index (χ2v) is 10.9. The Kier molecular flexibility index (Phi) is 10.6. The molecule has 0 amide bonds. The highest BCUT2D eigenvalue weighted by Crippen LogP contribution is 2.38. The number of carboxylic acid groups (broad SMARTS) is 1. The van der Waals surface area contributed by atoms with E-state index in [9.17, 15) is 50.8 Å². The highest BCUT2D eigenvalue weighted by molar-refractivity contribution is 5.67. The zero-order valence-electron chi connectivity index (χ0n) is 23.3. The molecule has 0 spiro atoms. The van der Waals surface area contributed by atoms with Crippen LogP contribution in [-0.4, -0.2) is 127 Å². The van der Waals surface area contributed by atoms with E-state index in [1.165, 1.54) is 0 Å². The molecule has 0 saturated carbocycles. The van der Waals surface area contributed by atoms with Gasteiger partial charge in [0.05, 0.1) is 13.2 Å². The van der Waals surface area contributed by atoms with Gasteiger partial charge in [-0.3, -0.25) is 4.79 Å². The van der Waals surface area contributed by atoms with Gasteiger partial charge in [0, 0.05) is 11.8 Å². The minimum atomic E-state index is -1.60. The van der Waals surface area contributed by atoms with Crippen molar-refractivity contribution in [2.24, 2.45) is 0 Å². The summed E-state index contributed by atoms with van der Waals surface area (Å²) >= 11 is 0. The van der Waals surface area contributed by atoms with Gasteiger partial charge in [0.2, 0.25) is 12.6 Å². The molecule has 14 nitrogen and oxygen atoms in total. The highest BCUT2D eigenvalue weighted by Gasteiger charge is 2.46. The summed E-state index contributed by atoms with van der Waals surface area (Å²) in [6.45, 7) is 0.660. The third-order valence-corrected chi connectivity index (χ3v) is 8.02. The Morgan fingerprint density at radius 3 is 1.37 bits per heavy atom. The van der Waals surface area contributed by atoms with E-state index in [4.69, 9.17) is 18.9 Å². The van der Waals surface area contributed by atoms with Gasteiger partial charge in [0.1, 0.15) is 60.3 Å². The van der Waals surface area contributed by atoms with Crippen molar-refractivity contribution in [3.05, 3.63) is 59.7 Å². The van der Waals surface area contributed by atoms with Crippen molar-refractivity contribution in [1.29, 1.82) is 0 Å². The molecule has 14 heteroatoms. The zero-order chi connectivity index (χ0) is 31.5. The van der Waals surface area contributed by atoms with Gasteiger partial charge in [0.15, 0.2) is 0 Å². The molecule has 0 radical (unpaired) electrons. The summed E-state index contributed by atoms with van der Waals surface area (Å²) in [7, 11) is 0. The van der Waals surface area contributed by atoms with Crippen LogP contribution in [0, 0.1) is 0 Å². The molecule has 0 unspecified atom stereocenters. The molecule has 0 aromatic heterocycles. The van der Waals surface area contributed by atoms with E-state index in [0.29, 0.717) is 0 Å². The van der Waals surface area contributed by atoms with E-state index in [0.717, 1.165) is 11.1 Å². The lowest BCUT2D eigenvalue weighted by Crippen LogP contribution is -2.60. The number of hydrogen-bond donors (Lipinski definition) is 9. The van der Waals surface area contributed by atoms with Crippen molar-refractivity contribution < 1.29 is 69.7 Å². The molecule has 2 fully saturated rings. The molecule has 2 heterocycles. The second kappa shape index (κ2) is 13.8. The number of ether oxygens (including phenoxy) is 4. The smallest absolute Gasteiger partial charge is 0.303 e. The maximum absolute atomic E-state index is 11.5. The molecular weight excluding hydrogens is 572 g/mol. The highest BCUT2D eigenvalue weighted by atomic mass is 16.7. The number of aliphatic hydroxyl groups excluding tert-OH is 8. The molecule has 0 bridgehead atoms. The summed E-state index contributed by atoms with van der Waals surface area (Å²) in [5.74, 6) is -0.495. The fraction of sp³-hybridized carbons (Fsp3) is 0.552. The quantitative estimate of drug-likeness (QED) is 0.137. The van der Waals surface area contributed by atoms with Gasteiger partial charge in [-0.25, -0.2) is 0 Å².